The first-order chi connectivity index (χ1) is 7.04. The molecule has 0 aliphatic carbocycles. The molecule has 5 heteroatoms. The van der Waals surface area contributed by atoms with Crippen molar-refractivity contribution in [3.63, 3.8) is 0 Å². The molecular formula is C10H17NO4. The summed E-state index contributed by atoms with van der Waals surface area (Å²) in [6.45, 7) is 5.34. The number of nitrogens with zero attached hydrogens (tertiary/aromatic N) is 1. The number of rotatable bonds is 6. The Balaban J connectivity index is 4.34. The van der Waals surface area contributed by atoms with E-state index in [4.69, 9.17) is 9.84 Å². The highest BCUT2D eigenvalue weighted by atomic mass is 16.6. The van der Waals surface area contributed by atoms with Crippen LogP contribution in [0.15, 0.2) is 12.7 Å². The molecule has 0 aliphatic rings. The summed E-state index contributed by atoms with van der Waals surface area (Å²) >= 11 is 0. The van der Waals surface area contributed by atoms with E-state index in [1.807, 2.05) is 6.92 Å². The van der Waals surface area contributed by atoms with E-state index in [-0.39, 0.29) is 6.61 Å². The van der Waals surface area contributed by atoms with Crippen molar-refractivity contribution in [3.05, 3.63) is 12.7 Å². The molecule has 0 radical (unpaired) electrons. The topological polar surface area (TPSA) is 66.8 Å². The predicted molar refractivity (Wildman–Crippen MR) is 55.6 cm³/mol. The zero-order chi connectivity index (χ0) is 11.8. The zero-order valence-corrected chi connectivity index (χ0v) is 9.10. The van der Waals surface area contributed by atoms with E-state index >= 15 is 0 Å². The van der Waals surface area contributed by atoms with Gasteiger partial charge in [-0.2, -0.15) is 0 Å². The smallest absolute Gasteiger partial charge is 0.410 e. The quantitative estimate of drug-likeness (QED) is 0.682. The summed E-state index contributed by atoms with van der Waals surface area (Å²) in [5.74, 6) is -1.02. The van der Waals surface area contributed by atoms with E-state index in [2.05, 4.69) is 6.58 Å². The number of ether oxygens (including phenoxy) is 1. The van der Waals surface area contributed by atoms with E-state index in [9.17, 15) is 9.59 Å². The Bertz CT molecular complexity index is 240. The van der Waals surface area contributed by atoms with Gasteiger partial charge in [0.25, 0.3) is 0 Å². The average molecular weight is 215 g/mol. The number of aliphatic carboxylic acids is 1. The fourth-order valence-electron chi connectivity index (χ4n) is 1.12. The van der Waals surface area contributed by atoms with Gasteiger partial charge in [0.15, 0.2) is 0 Å². The molecule has 0 heterocycles. The number of hydrogen-bond acceptors (Lipinski definition) is 3. The van der Waals surface area contributed by atoms with Gasteiger partial charge in [-0.15, -0.1) is 0 Å². The van der Waals surface area contributed by atoms with Crippen molar-refractivity contribution >= 4 is 12.1 Å². The van der Waals surface area contributed by atoms with Crippen LogP contribution in [0, 0.1) is 0 Å². The second-order valence-electron chi connectivity index (χ2n) is 3.12. The lowest BCUT2D eigenvalue weighted by atomic mass is 10.1. The third-order valence-electron chi connectivity index (χ3n) is 1.93. The Labute approximate surface area is 89.3 Å². The molecule has 0 spiro atoms. The summed E-state index contributed by atoms with van der Waals surface area (Å²) in [6, 6.07) is -0.827. The molecule has 0 aromatic carbocycles. The SMILES string of the molecule is C=CCOC(=O)N(C)C(CCC)C(=O)O. The highest BCUT2D eigenvalue weighted by Gasteiger charge is 2.26. The van der Waals surface area contributed by atoms with Crippen molar-refractivity contribution in [2.75, 3.05) is 13.7 Å². The highest BCUT2D eigenvalue weighted by Crippen LogP contribution is 2.07. The predicted octanol–water partition coefficient (Wildman–Crippen LogP) is 1.49. The van der Waals surface area contributed by atoms with Crippen molar-refractivity contribution in [2.45, 2.75) is 25.8 Å². The average Bonchev–Trinajstić information content (AvgIpc) is 2.21. The molecule has 1 atom stereocenters. The van der Waals surface area contributed by atoms with Crippen LogP contribution in [0.2, 0.25) is 0 Å². The van der Waals surface area contributed by atoms with E-state index in [1.165, 1.54) is 13.1 Å². The number of carbonyl (C=O) groups is 2. The van der Waals surface area contributed by atoms with Gasteiger partial charge in [0, 0.05) is 7.05 Å². The molecule has 5 nitrogen and oxygen atoms in total. The lowest BCUT2D eigenvalue weighted by molar-refractivity contribution is -0.142. The summed E-state index contributed by atoms with van der Waals surface area (Å²) in [7, 11) is 1.42. The Morgan fingerprint density at radius 3 is 2.60 bits per heavy atom. The molecule has 0 aromatic rings. The second kappa shape index (κ2) is 6.86. The van der Waals surface area contributed by atoms with Crippen LogP contribution in [-0.4, -0.2) is 41.8 Å². The summed E-state index contributed by atoms with van der Waals surface area (Å²) in [5, 5.41) is 8.88. The van der Waals surface area contributed by atoms with Crippen molar-refractivity contribution < 1.29 is 19.4 Å². The van der Waals surface area contributed by atoms with Crippen LogP contribution in [0.4, 0.5) is 4.79 Å². The third-order valence-corrected chi connectivity index (χ3v) is 1.93. The molecule has 0 rings (SSSR count). The molecule has 15 heavy (non-hydrogen) atoms. The summed E-state index contributed by atoms with van der Waals surface area (Å²) in [4.78, 5) is 23.2. The van der Waals surface area contributed by atoms with Crippen molar-refractivity contribution in [1.82, 2.24) is 4.90 Å². The van der Waals surface area contributed by atoms with Crippen LogP contribution in [0.25, 0.3) is 0 Å². The van der Waals surface area contributed by atoms with Gasteiger partial charge < -0.3 is 9.84 Å². The molecule has 1 amide bonds. The standard InChI is InChI=1S/C10H17NO4/c1-4-6-8(9(12)13)11(3)10(14)15-7-5-2/h5,8H,2,4,6-7H2,1,3H3,(H,12,13). The van der Waals surface area contributed by atoms with E-state index in [1.54, 1.807) is 0 Å². The molecule has 1 unspecified atom stereocenters. The fourth-order valence-corrected chi connectivity index (χ4v) is 1.12. The Hall–Kier alpha value is -1.52. The highest BCUT2D eigenvalue weighted by molar-refractivity contribution is 5.79. The first kappa shape index (κ1) is 13.5. The van der Waals surface area contributed by atoms with Crippen LogP contribution >= 0.6 is 0 Å². The van der Waals surface area contributed by atoms with Gasteiger partial charge in [0.05, 0.1) is 0 Å². The van der Waals surface area contributed by atoms with Crippen LogP contribution in [-0.2, 0) is 9.53 Å². The largest absolute Gasteiger partial charge is 0.480 e. The third kappa shape index (κ3) is 4.49. The number of hydrogen-bond donors (Lipinski definition) is 1. The Kier molecular flexibility index (Phi) is 6.17. The van der Waals surface area contributed by atoms with E-state index in [0.717, 1.165) is 4.90 Å². The van der Waals surface area contributed by atoms with Crippen LogP contribution in [0.5, 0.6) is 0 Å². The molecule has 86 valence electrons. The molecule has 1 N–H and O–H groups in total. The van der Waals surface area contributed by atoms with Crippen LogP contribution in [0.1, 0.15) is 19.8 Å². The lowest BCUT2D eigenvalue weighted by Gasteiger charge is -2.23. The maximum atomic E-state index is 11.3. The van der Waals surface area contributed by atoms with Crippen molar-refractivity contribution in [1.29, 1.82) is 0 Å². The zero-order valence-electron chi connectivity index (χ0n) is 9.10. The maximum Gasteiger partial charge on any atom is 0.410 e. The summed E-state index contributed by atoms with van der Waals surface area (Å²) in [5.41, 5.74) is 0. The molecule has 0 saturated carbocycles. The second-order valence-corrected chi connectivity index (χ2v) is 3.12. The molecule has 0 aliphatic heterocycles. The molecule has 0 bridgehead atoms. The van der Waals surface area contributed by atoms with Crippen molar-refractivity contribution in [2.24, 2.45) is 0 Å². The molecular weight excluding hydrogens is 198 g/mol. The number of likely N-dealkylation sites (N-methyl/N-ethyl adjacent to an activating group) is 1. The first-order valence-electron chi connectivity index (χ1n) is 4.77. The Morgan fingerprint density at radius 1 is 1.60 bits per heavy atom. The molecule has 0 fully saturated rings. The van der Waals surface area contributed by atoms with Crippen LogP contribution in [0.3, 0.4) is 0 Å². The van der Waals surface area contributed by atoms with Gasteiger partial charge in [0.1, 0.15) is 12.6 Å². The lowest BCUT2D eigenvalue weighted by Crippen LogP contribution is -2.42. The minimum atomic E-state index is -1.02. The first-order valence-corrected chi connectivity index (χ1v) is 4.77. The number of carboxylic acids is 1. The van der Waals surface area contributed by atoms with Gasteiger partial charge in [-0.1, -0.05) is 26.0 Å². The number of carbonyl (C=O) groups excluding carboxylic acids is 1. The molecule has 0 aromatic heterocycles. The monoisotopic (exact) mass is 215 g/mol. The van der Waals surface area contributed by atoms with Gasteiger partial charge in [-0.05, 0) is 6.42 Å². The number of amides is 1. The van der Waals surface area contributed by atoms with Crippen LogP contribution < -0.4 is 0 Å². The van der Waals surface area contributed by atoms with Gasteiger partial charge in [-0.25, -0.2) is 9.59 Å². The minimum Gasteiger partial charge on any atom is -0.480 e. The maximum absolute atomic E-state index is 11.3. The van der Waals surface area contributed by atoms with Crippen molar-refractivity contribution in [3.8, 4) is 0 Å². The number of carboxylic acid groups (broad SMARTS) is 1. The Morgan fingerprint density at radius 2 is 2.20 bits per heavy atom. The fraction of sp³-hybridized carbons (Fsp3) is 0.600. The summed E-state index contributed by atoms with van der Waals surface area (Å²) < 4.78 is 4.74. The van der Waals surface area contributed by atoms with E-state index < -0.39 is 18.1 Å². The minimum absolute atomic E-state index is 0.0850. The van der Waals surface area contributed by atoms with Gasteiger partial charge >= 0.3 is 12.1 Å². The normalized spacial score (nSPS) is 11.6. The van der Waals surface area contributed by atoms with Gasteiger partial charge in [0.2, 0.25) is 0 Å². The summed E-state index contributed by atoms with van der Waals surface area (Å²) in [6.07, 6.45) is 1.89. The van der Waals surface area contributed by atoms with Gasteiger partial charge in [-0.3, -0.25) is 4.90 Å². The molecule has 0 saturated heterocycles. The van der Waals surface area contributed by atoms with E-state index in [0.29, 0.717) is 12.8 Å².